The first kappa shape index (κ1) is 21.4. The molecule has 0 radical (unpaired) electrons. The Morgan fingerprint density at radius 2 is 1.74 bits per heavy atom. The van der Waals surface area contributed by atoms with Gasteiger partial charge in [0, 0.05) is 11.7 Å². The molecule has 0 heterocycles. The van der Waals surface area contributed by atoms with Gasteiger partial charge in [-0.2, -0.15) is 0 Å². The molecule has 0 saturated heterocycles. The van der Waals surface area contributed by atoms with Crippen LogP contribution in [0.2, 0.25) is 0 Å². The van der Waals surface area contributed by atoms with Gasteiger partial charge < -0.3 is 10.6 Å². The van der Waals surface area contributed by atoms with Crippen LogP contribution in [0.4, 0.5) is 5.69 Å². The highest BCUT2D eigenvalue weighted by Crippen LogP contribution is 2.24. The smallest absolute Gasteiger partial charge is 0.238 e. The number of hydrogen-bond donors (Lipinski definition) is 2. The Balaban J connectivity index is 1.90. The molecule has 0 spiro atoms. The normalized spacial score (nSPS) is 21.0. The minimum atomic E-state index is -0.343. The molecule has 5 heteroatoms. The van der Waals surface area contributed by atoms with Crippen molar-refractivity contribution in [3.05, 3.63) is 28.8 Å². The van der Waals surface area contributed by atoms with Gasteiger partial charge in [0.2, 0.25) is 11.8 Å². The number of likely N-dealkylation sites (N-methyl/N-ethyl adjacent to an activating group) is 1. The Morgan fingerprint density at radius 1 is 1.15 bits per heavy atom. The number of nitrogens with zero attached hydrogens (tertiary/aromatic N) is 1. The maximum absolute atomic E-state index is 12.6. The monoisotopic (exact) mass is 373 g/mol. The van der Waals surface area contributed by atoms with Crippen molar-refractivity contribution < 1.29 is 9.59 Å². The highest BCUT2D eigenvalue weighted by atomic mass is 16.2. The average Bonchev–Trinajstić information content (AvgIpc) is 2.59. The maximum Gasteiger partial charge on any atom is 0.238 e. The van der Waals surface area contributed by atoms with Crippen molar-refractivity contribution in [1.29, 1.82) is 0 Å². The Labute approximate surface area is 163 Å². The zero-order chi connectivity index (χ0) is 20.1. The van der Waals surface area contributed by atoms with Gasteiger partial charge in [-0.1, -0.05) is 37.5 Å². The van der Waals surface area contributed by atoms with Gasteiger partial charge in [-0.25, -0.2) is 0 Å². The first-order chi connectivity index (χ1) is 12.7. The van der Waals surface area contributed by atoms with Gasteiger partial charge in [-0.05, 0) is 64.6 Å². The van der Waals surface area contributed by atoms with Crippen LogP contribution in [-0.2, 0) is 9.59 Å². The minimum Gasteiger partial charge on any atom is -0.352 e. The van der Waals surface area contributed by atoms with Crippen molar-refractivity contribution in [2.24, 2.45) is 5.92 Å². The van der Waals surface area contributed by atoms with E-state index in [1.54, 1.807) is 4.90 Å². The number of rotatable bonds is 6. The molecule has 150 valence electrons. The second kappa shape index (κ2) is 9.36. The van der Waals surface area contributed by atoms with Crippen LogP contribution in [-0.4, -0.2) is 42.4 Å². The zero-order valence-electron chi connectivity index (χ0n) is 17.7. The topological polar surface area (TPSA) is 61.4 Å². The predicted molar refractivity (Wildman–Crippen MR) is 111 cm³/mol. The van der Waals surface area contributed by atoms with E-state index in [1.165, 1.54) is 24.8 Å². The van der Waals surface area contributed by atoms with Gasteiger partial charge >= 0.3 is 0 Å². The molecule has 2 amide bonds. The van der Waals surface area contributed by atoms with Crippen LogP contribution in [0, 0.1) is 26.7 Å². The van der Waals surface area contributed by atoms with Gasteiger partial charge in [0.15, 0.2) is 0 Å². The van der Waals surface area contributed by atoms with Crippen LogP contribution in [0.5, 0.6) is 0 Å². The van der Waals surface area contributed by atoms with E-state index in [1.807, 2.05) is 34.7 Å². The lowest BCUT2D eigenvalue weighted by Gasteiger charge is -2.32. The molecule has 27 heavy (non-hydrogen) atoms. The third-order valence-corrected chi connectivity index (χ3v) is 5.81. The minimum absolute atomic E-state index is 0.00625. The largest absolute Gasteiger partial charge is 0.352 e. The molecule has 3 unspecified atom stereocenters. The molecule has 3 atom stereocenters. The molecule has 0 aromatic heterocycles. The Morgan fingerprint density at radius 3 is 2.33 bits per heavy atom. The van der Waals surface area contributed by atoms with E-state index in [-0.39, 0.29) is 30.4 Å². The number of nitrogens with one attached hydrogen (secondary N) is 2. The van der Waals surface area contributed by atoms with Crippen molar-refractivity contribution in [3.63, 3.8) is 0 Å². The maximum atomic E-state index is 12.6. The Bertz CT molecular complexity index is 663. The van der Waals surface area contributed by atoms with Crippen LogP contribution in [0.3, 0.4) is 0 Å². The third-order valence-electron chi connectivity index (χ3n) is 5.81. The van der Waals surface area contributed by atoms with Crippen molar-refractivity contribution in [3.8, 4) is 0 Å². The van der Waals surface area contributed by atoms with E-state index < -0.39 is 0 Å². The van der Waals surface area contributed by atoms with Crippen molar-refractivity contribution in [1.82, 2.24) is 10.2 Å². The average molecular weight is 374 g/mol. The summed E-state index contributed by atoms with van der Waals surface area (Å²) >= 11 is 0. The molecule has 0 bridgehead atoms. The lowest BCUT2D eigenvalue weighted by Crippen LogP contribution is -2.50. The van der Waals surface area contributed by atoms with Crippen LogP contribution in [0.15, 0.2) is 12.1 Å². The number of amides is 2. The molecule has 1 fully saturated rings. The molecule has 1 aliphatic carbocycles. The fourth-order valence-corrected chi connectivity index (χ4v) is 3.95. The first-order valence-corrected chi connectivity index (χ1v) is 10.1. The van der Waals surface area contributed by atoms with E-state index >= 15 is 0 Å². The van der Waals surface area contributed by atoms with Crippen LogP contribution in [0.1, 0.15) is 56.2 Å². The second-order valence-electron chi connectivity index (χ2n) is 8.29. The van der Waals surface area contributed by atoms with Crippen molar-refractivity contribution in [2.45, 2.75) is 72.4 Å². The second-order valence-corrected chi connectivity index (χ2v) is 8.29. The number of benzene rings is 1. The highest BCUT2D eigenvalue weighted by molar-refractivity contribution is 5.94. The summed E-state index contributed by atoms with van der Waals surface area (Å²) in [5.41, 5.74) is 4.16. The molecule has 2 N–H and O–H groups in total. The van der Waals surface area contributed by atoms with E-state index in [0.717, 1.165) is 23.2 Å². The number of anilines is 1. The summed E-state index contributed by atoms with van der Waals surface area (Å²) in [5.74, 6) is 0.431. The Kier molecular flexibility index (Phi) is 7.42. The summed E-state index contributed by atoms with van der Waals surface area (Å²) in [5, 5.41) is 6.19. The predicted octanol–water partition coefficient (Wildman–Crippen LogP) is 3.57. The quantitative estimate of drug-likeness (QED) is 0.801. The SMILES string of the molecule is Cc1cc(C)c(NC(=O)CN(C)C(C)C(=O)NC2CCCCC2C)c(C)c1. The summed E-state index contributed by atoms with van der Waals surface area (Å²) in [7, 11) is 1.82. The number of aryl methyl sites for hydroxylation is 3. The van der Waals surface area contributed by atoms with Crippen molar-refractivity contribution in [2.75, 3.05) is 18.9 Å². The van der Waals surface area contributed by atoms with Crippen LogP contribution >= 0.6 is 0 Å². The van der Waals surface area contributed by atoms with Gasteiger partial charge in [-0.3, -0.25) is 14.5 Å². The van der Waals surface area contributed by atoms with Gasteiger partial charge in [0.05, 0.1) is 12.6 Å². The first-order valence-electron chi connectivity index (χ1n) is 10.1. The molecule has 2 rings (SSSR count). The van der Waals surface area contributed by atoms with E-state index in [2.05, 4.69) is 29.7 Å². The fraction of sp³-hybridized carbons (Fsp3) is 0.636. The highest BCUT2D eigenvalue weighted by Gasteiger charge is 2.27. The number of hydrogen-bond acceptors (Lipinski definition) is 3. The molecule has 5 nitrogen and oxygen atoms in total. The van der Waals surface area contributed by atoms with Crippen LogP contribution in [0.25, 0.3) is 0 Å². The summed E-state index contributed by atoms with van der Waals surface area (Å²) < 4.78 is 0. The zero-order valence-corrected chi connectivity index (χ0v) is 17.7. The third kappa shape index (κ3) is 5.80. The number of carbonyl (C=O) groups is 2. The van der Waals surface area contributed by atoms with E-state index in [0.29, 0.717) is 5.92 Å². The van der Waals surface area contributed by atoms with Crippen LogP contribution < -0.4 is 10.6 Å². The van der Waals surface area contributed by atoms with Crippen molar-refractivity contribution >= 4 is 17.5 Å². The standard InChI is InChI=1S/C22H35N3O2/c1-14-11-16(3)21(17(4)12-14)24-20(26)13-25(6)18(5)22(27)23-19-10-8-7-9-15(19)2/h11-12,15,18-19H,7-10,13H2,1-6H3,(H,23,27)(H,24,26). The molecular formula is C22H35N3O2. The molecular weight excluding hydrogens is 338 g/mol. The summed E-state index contributed by atoms with van der Waals surface area (Å²) in [6.45, 7) is 10.3. The van der Waals surface area contributed by atoms with E-state index in [9.17, 15) is 9.59 Å². The summed E-state index contributed by atoms with van der Waals surface area (Å²) in [6, 6.07) is 4.04. The lowest BCUT2D eigenvalue weighted by molar-refractivity contribution is -0.127. The molecule has 1 aromatic rings. The van der Waals surface area contributed by atoms with E-state index in [4.69, 9.17) is 0 Å². The fourth-order valence-electron chi connectivity index (χ4n) is 3.95. The summed E-state index contributed by atoms with van der Waals surface area (Å²) in [6.07, 6.45) is 4.65. The summed E-state index contributed by atoms with van der Waals surface area (Å²) in [4.78, 5) is 26.9. The molecule has 0 aliphatic heterocycles. The molecule has 1 saturated carbocycles. The number of carbonyl (C=O) groups excluding carboxylic acids is 2. The van der Waals surface area contributed by atoms with Gasteiger partial charge in [0.25, 0.3) is 0 Å². The molecule has 1 aliphatic rings. The molecule has 1 aromatic carbocycles. The lowest BCUT2D eigenvalue weighted by atomic mass is 9.86. The van der Waals surface area contributed by atoms with Gasteiger partial charge in [0.1, 0.15) is 0 Å². The van der Waals surface area contributed by atoms with Gasteiger partial charge in [-0.15, -0.1) is 0 Å². The Hall–Kier alpha value is -1.88.